The largest absolute Gasteiger partial charge is 1.00 e. The predicted molar refractivity (Wildman–Crippen MR) is 39.1 cm³/mol. The van der Waals surface area contributed by atoms with Gasteiger partial charge in [-0.25, -0.2) is 0 Å². The molecular weight excluding hydrogens is 155 g/mol. The molecule has 0 heterocycles. The van der Waals surface area contributed by atoms with E-state index in [-0.39, 0.29) is 51.4 Å². The molecule has 0 bridgehead atoms. The van der Waals surface area contributed by atoms with Crippen molar-refractivity contribution in [2.24, 2.45) is 0 Å². The van der Waals surface area contributed by atoms with Crippen LogP contribution in [-0.4, -0.2) is 0 Å². The summed E-state index contributed by atoms with van der Waals surface area (Å²) in [5.74, 6) is 0.834. The van der Waals surface area contributed by atoms with Crippen LogP contribution in [0.4, 0.5) is 0 Å². The fraction of sp³-hybridized carbons (Fsp3) is 0.143. The molecule has 0 saturated heterocycles. The predicted octanol–water partition coefficient (Wildman–Crippen LogP) is -0.880. The second-order valence-corrected chi connectivity index (χ2v) is 1.96. The molecule has 1 rings (SSSR count). The molecule has 9 heavy (non-hydrogen) atoms. The average Bonchev–Trinajstić information content (AvgIpc) is 1.90. The van der Waals surface area contributed by atoms with E-state index >= 15 is 0 Å². The Balaban J connectivity index is 0.000000640. The second kappa shape index (κ2) is 5.95. The van der Waals surface area contributed by atoms with Gasteiger partial charge in [0, 0.05) is 5.75 Å². The zero-order valence-electron chi connectivity index (χ0n) is 5.54. The number of rotatable bonds is 1. The Morgan fingerprint density at radius 3 is 2.00 bits per heavy atom. The Morgan fingerprint density at radius 2 is 1.67 bits per heavy atom. The van der Waals surface area contributed by atoms with Crippen LogP contribution in [0.25, 0.3) is 0 Å². The van der Waals surface area contributed by atoms with E-state index in [1.807, 2.05) is 18.2 Å². The average molecular weight is 163 g/mol. The summed E-state index contributed by atoms with van der Waals surface area (Å²) < 4.78 is 0. The quantitative estimate of drug-likeness (QED) is 0.403. The van der Waals surface area contributed by atoms with Crippen molar-refractivity contribution in [1.82, 2.24) is 0 Å². The summed E-state index contributed by atoms with van der Waals surface area (Å²) in [5, 5.41) is 0. The number of hydrogen-bond acceptors (Lipinski definition) is 1. The third kappa shape index (κ3) is 3.81. The molecule has 0 amide bonds. The van der Waals surface area contributed by atoms with Crippen molar-refractivity contribution in [2.75, 3.05) is 0 Å². The van der Waals surface area contributed by atoms with Gasteiger partial charge in [-0.3, -0.25) is 0 Å². The van der Waals surface area contributed by atoms with Crippen LogP contribution in [0.5, 0.6) is 0 Å². The zero-order valence-corrected chi connectivity index (χ0v) is 9.56. The molecule has 2 heteroatoms. The van der Waals surface area contributed by atoms with Crippen molar-refractivity contribution in [2.45, 2.75) is 5.75 Å². The van der Waals surface area contributed by atoms with Gasteiger partial charge in [-0.2, -0.15) is 12.6 Å². The molecule has 0 aliphatic carbocycles. The molecule has 0 spiro atoms. The summed E-state index contributed by atoms with van der Waals surface area (Å²) in [6.45, 7) is 0. The summed E-state index contributed by atoms with van der Waals surface area (Å²) in [4.78, 5) is 0. The summed E-state index contributed by atoms with van der Waals surface area (Å²) in [5.41, 5.74) is 1.27. The first-order chi connectivity index (χ1) is 3.93. The van der Waals surface area contributed by atoms with Gasteiger partial charge in [0.05, 0.1) is 0 Å². The van der Waals surface area contributed by atoms with Crippen LogP contribution in [-0.2, 0) is 5.75 Å². The molecule has 0 aliphatic heterocycles. The van der Waals surface area contributed by atoms with E-state index in [0.29, 0.717) is 0 Å². The van der Waals surface area contributed by atoms with Crippen molar-refractivity contribution >= 4 is 12.6 Å². The summed E-state index contributed by atoms with van der Waals surface area (Å²) in [6.07, 6.45) is 0. The topological polar surface area (TPSA) is 0 Å². The minimum atomic E-state index is 0. The molecule has 0 fully saturated rings. The van der Waals surface area contributed by atoms with Gasteiger partial charge in [-0.15, -0.1) is 0 Å². The van der Waals surface area contributed by atoms with Gasteiger partial charge < -0.3 is 0 Å². The number of hydrogen-bond donors (Lipinski definition) is 1. The van der Waals surface area contributed by atoms with Crippen LogP contribution in [0, 0.1) is 0 Å². The minimum absolute atomic E-state index is 0. The Bertz CT molecular complexity index is 150. The van der Waals surface area contributed by atoms with Crippen LogP contribution in [0.2, 0.25) is 0 Å². The molecule has 0 radical (unpaired) electrons. The summed E-state index contributed by atoms with van der Waals surface area (Å²) in [7, 11) is 0. The van der Waals surface area contributed by atoms with Gasteiger partial charge >= 0.3 is 51.4 Å². The summed E-state index contributed by atoms with van der Waals surface area (Å²) in [6, 6.07) is 10.2. The molecule has 0 unspecified atom stereocenters. The Hall–Kier alpha value is 1.21. The van der Waals surface area contributed by atoms with Crippen molar-refractivity contribution in [3.63, 3.8) is 0 Å². The summed E-state index contributed by atoms with van der Waals surface area (Å²) >= 11 is 4.11. The first-order valence-corrected chi connectivity index (χ1v) is 3.21. The number of benzene rings is 1. The monoisotopic (exact) mass is 163 g/mol. The standard InChI is InChI=1S/C7H8S.K/c8-6-7-4-2-1-3-5-7;/h1-5,8H,6H2;/q;+1. The van der Waals surface area contributed by atoms with Crippen molar-refractivity contribution in [3.8, 4) is 0 Å². The maximum atomic E-state index is 4.11. The normalized spacial score (nSPS) is 8.11. The van der Waals surface area contributed by atoms with Crippen molar-refractivity contribution in [1.29, 1.82) is 0 Å². The fourth-order valence-corrected chi connectivity index (χ4v) is 0.794. The van der Waals surface area contributed by atoms with Crippen LogP contribution < -0.4 is 51.4 Å². The van der Waals surface area contributed by atoms with Crippen LogP contribution >= 0.6 is 12.6 Å². The Labute approximate surface area is 104 Å². The minimum Gasteiger partial charge on any atom is -0.175 e. The van der Waals surface area contributed by atoms with E-state index in [1.54, 1.807) is 0 Å². The van der Waals surface area contributed by atoms with Gasteiger partial charge in [0.2, 0.25) is 0 Å². The molecule has 0 aromatic heterocycles. The third-order valence-corrected chi connectivity index (χ3v) is 1.39. The van der Waals surface area contributed by atoms with Crippen molar-refractivity contribution in [3.05, 3.63) is 35.9 Å². The van der Waals surface area contributed by atoms with Crippen LogP contribution in [0.3, 0.4) is 0 Å². The Kier molecular flexibility index (Phi) is 6.75. The van der Waals surface area contributed by atoms with Crippen molar-refractivity contribution < 1.29 is 51.4 Å². The first kappa shape index (κ1) is 10.2. The van der Waals surface area contributed by atoms with E-state index in [4.69, 9.17) is 0 Å². The van der Waals surface area contributed by atoms with Crippen LogP contribution in [0.1, 0.15) is 5.56 Å². The third-order valence-electron chi connectivity index (χ3n) is 1.03. The molecule has 0 N–H and O–H groups in total. The number of thiol groups is 1. The fourth-order valence-electron chi connectivity index (χ4n) is 0.583. The van der Waals surface area contributed by atoms with Crippen LogP contribution in [0.15, 0.2) is 30.3 Å². The first-order valence-electron chi connectivity index (χ1n) is 2.58. The van der Waals surface area contributed by atoms with E-state index in [1.165, 1.54) is 5.56 Å². The smallest absolute Gasteiger partial charge is 0.175 e. The zero-order chi connectivity index (χ0) is 5.82. The van der Waals surface area contributed by atoms with Gasteiger partial charge in [0.1, 0.15) is 0 Å². The second-order valence-electron chi connectivity index (χ2n) is 1.64. The van der Waals surface area contributed by atoms with Gasteiger partial charge in [-0.1, -0.05) is 30.3 Å². The van der Waals surface area contributed by atoms with E-state index in [0.717, 1.165) is 5.75 Å². The Morgan fingerprint density at radius 1 is 1.11 bits per heavy atom. The van der Waals surface area contributed by atoms with Gasteiger partial charge in [0.15, 0.2) is 0 Å². The molecule has 0 atom stereocenters. The van der Waals surface area contributed by atoms with Gasteiger partial charge in [-0.05, 0) is 5.56 Å². The van der Waals surface area contributed by atoms with E-state index in [2.05, 4.69) is 24.8 Å². The maximum absolute atomic E-state index is 4.11. The molecular formula is C7H8KS+. The molecule has 1 aromatic carbocycles. The SMILES string of the molecule is SCc1ccccc1.[K+]. The molecule has 0 aliphatic rings. The van der Waals surface area contributed by atoms with E-state index < -0.39 is 0 Å². The van der Waals surface area contributed by atoms with Gasteiger partial charge in [0.25, 0.3) is 0 Å². The molecule has 1 aromatic rings. The maximum Gasteiger partial charge on any atom is 1.00 e. The molecule has 0 saturated carbocycles. The molecule has 0 nitrogen and oxygen atoms in total. The molecule has 42 valence electrons. The van der Waals surface area contributed by atoms with E-state index in [9.17, 15) is 0 Å².